The Hall–Kier alpha value is -2.15. The molecule has 0 spiro atoms. The van der Waals surface area contributed by atoms with Gasteiger partial charge < -0.3 is 0 Å². The predicted octanol–water partition coefficient (Wildman–Crippen LogP) is 2.97. The summed E-state index contributed by atoms with van der Waals surface area (Å²) in [5, 5.41) is 9.42. The second-order valence-corrected chi connectivity index (χ2v) is 5.25. The molecule has 0 saturated heterocycles. The molecule has 102 valence electrons. The molecule has 0 saturated carbocycles. The van der Waals surface area contributed by atoms with Gasteiger partial charge in [-0.25, -0.2) is 9.97 Å². The van der Waals surface area contributed by atoms with Crippen molar-refractivity contribution in [3.8, 4) is 11.9 Å². The first kappa shape index (κ1) is 12.9. The second-order valence-electron chi connectivity index (χ2n) is 5.25. The van der Waals surface area contributed by atoms with E-state index >= 15 is 0 Å². The lowest BCUT2D eigenvalue weighted by Gasteiger charge is -2.17. The fourth-order valence-electron chi connectivity index (χ4n) is 2.82. The average molecular weight is 266 g/mol. The topological polar surface area (TPSA) is 54.5 Å². The van der Waals surface area contributed by atoms with Crippen LogP contribution in [0.1, 0.15) is 48.8 Å². The van der Waals surface area contributed by atoms with Crippen molar-refractivity contribution >= 4 is 0 Å². The molecule has 2 aromatic rings. The Balaban J connectivity index is 2.12. The molecule has 0 radical (unpaired) electrons. The van der Waals surface area contributed by atoms with Crippen molar-refractivity contribution in [2.24, 2.45) is 0 Å². The van der Waals surface area contributed by atoms with Crippen molar-refractivity contribution in [2.75, 3.05) is 0 Å². The Morgan fingerprint density at radius 2 is 2.20 bits per heavy atom. The molecule has 2 heterocycles. The molecule has 0 bridgehead atoms. The number of rotatable bonds is 3. The van der Waals surface area contributed by atoms with Crippen molar-refractivity contribution in [1.82, 2.24) is 14.5 Å². The van der Waals surface area contributed by atoms with Crippen LogP contribution in [-0.2, 0) is 19.3 Å². The smallest absolute Gasteiger partial charge is 0.156 e. The summed E-state index contributed by atoms with van der Waals surface area (Å²) in [7, 11) is 0. The van der Waals surface area contributed by atoms with Crippen LogP contribution < -0.4 is 0 Å². The SMILES string of the molecule is CCCc1nccn1-c1nc2c(cc1C#N)CCCC2. The first-order chi connectivity index (χ1) is 9.83. The van der Waals surface area contributed by atoms with Gasteiger partial charge in [0.05, 0.1) is 5.56 Å². The van der Waals surface area contributed by atoms with Crippen LogP contribution in [0.15, 0.2) is 18.5 Å². The summed E-state index contributed by atoms with van der Waals surface area (Å²) in [4.78, 5) is 9.15. The number of nitrogens with zero attached hydrogens (tertiary/aromatic N) is 4. The molecule has 0 aromatic carbocycles. The zero-order valence-corrected chi connectivity index (χ0v) is 11.8. The van der Waals surface area contributed by atoms with Crippen molar-refractivity contribution in [1.29, 1.82) is 5.26 Å². The molecule has 4 nitrogen and oxygen atoms in total. The number of pyridine rings is 1. The Kier molecular flexibility index (Phi) is 3.51. The highest BCUT2D eigenvalue weighted by Gasteiger charge is 2.17. The van der Waals surface area contributed by atoms with Gasteiger partial charge in [-0.15, -0.1) is 0 Å². The first-order valence-electron chi connectivity index (χ1n) is 7.29. The van der Waals surface area contributed by atoms with E-state index in [9.17, 15) is 5.26 Å². The van der Waals surface area contributed by atoms with E-state index < -0.39 is 0 Å². The maximum absolute atomic E-state index is 9.42. The lowest BCUT2D eigenvalue weighted by atomic mass is 9.95. The molecule has 0 fully saturated rings. The van der Waals surface area contributed by atoms with E-state index in [1.54, 1.807) is 6.20 Å². The van der Waals surface area contributed by atoms with Gasteiger partial charge in [-0.1, -0.05) is 6.92 Å². The summed E-state index contributed by atoms with van der Waals surface area (Å²) in [6.07, 6.45) is 10.1. The molecule has 2 aromatic heterocycles. The number of aromatic nitrogens is 3. The fourth-order valence-corrected chi connectivity index (χ4v) is 2.82. The van der Waals surface area contributed by atoms with Gasteiger partial charge in [0.25, 0.3) is 0 Å². The summed E-state index contributed by atoms with van der Waals surface area (Å²) < 4.78 is 1.97. The molecule has 0 amide bonds. The maximum atomic E-state index is 9.42. The molecule has 20 heavy (non-hydrogen) atoms. The minimum Gasteiger partial charge on any atom is -0.287 e. The van der Waals surface area contributed by atoms with Crippen LogP contribution in [0.4, 0.5) is 0 Å². The standard InChI is InChI=1S/C16H18N4/c1-2-5-15-18-8-9-20(15)16-13(11-17)10-12-6-3-4-7-14(12)19-16/h8-10H,2-7H2,1H3. The monoisotopic (exact) mass is 266 g/mol. The van der Waals surface area contributed by atoms with Crippen molar-refractivity contribution in [3.05, 3.63) is 41.1 Å². The number of fused-ring (bicyclic) bond motifs is 1. The summed E-state index contributed by atoms with van der Waals surface area (Å²) in [5.41, 5.74) is 3.05. The molecule has 3 rings (SSSR count). The van der Waals surface area contributed by atoms with Gasteiger partial charge in [-0.2, -0.15) is 5.26 Å². The fraction of sp³-hybridized carbons (Fsp3) is 0.438. The minimum absolute atomic E-state index is 0.654. The van der Waals surface area contributed by atoms with Gasteiger partial charge in [0.2, 0.25) is 0 Å². The number of imidazole rings is 1. The van der Waals surface area contributed by atoms with Crippen LogP contribution in [0, 0.1) is 11.3 Å². The summed E-state index contributed by atoms with van der Waals surface area (Å²) in [6, 6.07) is 4.31. The number of hydrogen-bond donors (Lipinski definition) is 0. The minimum atomic E-state index is 0.654. The van der Waals surface area contributed by atoms with Crippen molar-refractivity contribution in [3.63, 3.8) is 0 Å². The lowest BCUT2D eigenvalue weighted by Crippen LogP contribution is -2.12. The zero-order chi connectivity index (χ0) is 13.9. The van der Waals surface area contributed by atoms with Gasteiger partial charge in [0.1, 0.15) is 11.9 Å². The molecule has 4 heteroatoms. The molecular formula is C16H18N4. The average Bonchev–Trinajstić information content (AvgIpc) is 2.94. The van der Waals surface area contributed by atoms with Crippen LogP contribution in [0.25, 0.3) is 5.82 Å². The largest absolute Gasteiger partial charge is 0.287 e. The van der Waals surface area contributed by atoms with Gasteiger partial charge in [0, 0.05) is 24.5 Å². The molecule has 0 N–H and O–H groups in total. The second kappa shape index (κ2) is 5.46. The van der Waals surface area contributed by atoms with E-state index in [4.69, 9.17) is 4.98 Å². The van der Waals surface area contributed by atoms with E-state index in [0.29, 0.717) is 5.56 Å². The summed E-state index contributed by atoms with van der Waals surface area (Å²) in [5.74, 6) is 1.72. The van der Waals surface area contributed by atoms with Crippen LogP contribution in [0.5, 0.6) is 0 Å². The highest BCUT2D eigenvalue weighted by molar-refractivity contribution is 5.48. The predicted molar refractivity (Wildman–Crippen MR) is 76.7 cm³/mol. The molecule has 0 atom stereocenters. The van der Waals surface area contributed by atoms with Crippen LogP contribution >= 0.6 is 0 Å². The number of aryl methyl sites for hydroxylation is 3. The van der Waals surface area contributed by atoms with Crippen molar-refractivity contribution in [2.45, 2.75) is 45.4 Å². The maximum Gasteiger partial charge on any atom is 0.156 e. The Morgan fingerprint density at radius 1 is 1.35 bits per heavy atom. The van der Waals surface area contributed by atoms with Crippen molar-refractivity contribution < 1.29 is 0 Å². The van der Waals surface area contributed by atoms with E-state index in [1.165, 1.54) is 18.4 Å². The summed E-state index contributed by atoms with van der Waals surface area (Å²) in [6.45, 7) is 2.13. The Morgan fingerprint density at radius 3 is 3.00 bits per heavy atom. The molecule has 1 aliphatic carbocycles. The zero-order valence-electron chi connectivity index (χ0n) is 11.8. The molecular weight excluding hydrogens is 248 g/mol. The lowest BCUT2D eigenvalue weighted by molar-refractivity contribution is 0.662. The summed E-state index contributed by atoms with van der Waals surface area (Å²) >= 11 is 0. The third kappa shape index (κ3) is 2.20. The van der Waals surface area contributed by atoms with Gasteiger partial charge in [-0.05, 0) is 43.7 Å². The number of nitriles is 1. The van der Waals surface area contributed by atoms with E-state index in [1.807, 2.05) is 16.8 Å². The normalized spacial score (nSPS) is 13.8. The Bertz CT molecular complexity index is 664. The van der Waals surface area contributed by atoms with Gasteiger partial charge >= 0.3 is 0 Å². The van der Waals surface area contributed by atoms with Gasteiger partial charge in [-0.3, -0.25) is 4.57 Å². The molecule has 0 unspecified atom stereocenters. The Labute approximate surface area is 119 Å². The van der Waals surface area contributed by atoms with Crippen LogP contribution in [0.3, 0.4) is 0 Å². The highest BCUT2D eigenvalue weighted by atomic mass is 15.1. The number of hydrogen-bond acceptors (Lipinski definition) is 3. The first-order valence-corrected chi connectivity index (χ1v) is 7.29. The highest BCUT2D eigenvalue weighted by Crippen LogP contribution is 2.24. The van der Waals surface area contributed by atoms with Gasteiger partial charge in [0.15, 0.2) is 5.82 Å². The van der Waals surface area contributed by atoms with E-state index in [2.05, 4.69) is 18.0 Å². The van der Waals surface area contributed by atoms with Crippen LogP contribution in [0.2, 0.25) is 0 Å². The van der Waals surface area contributed by atoms with E-state index in [-0.39, 0.29) is 0 Å². The van der Waals surface area contributed by atoms with E-state index in [0.717, 1.165) is 43.0 Å². The molecule has 0 aliphatic heterocycles. The quantitative estimate of drug-likeness (QED) is 0.858. The third-order valence-electron chi connectivity index (χ3n) is 3.82. The third-order valence-corrected chi connectivity index (χ3v) is 3.82. The van der Waals surface area contributed by atoms with Crippen LogP contribution in [-0.4, -0.2) is 14.5 Å². The molecule has 1 aliphatic rings.